The highest BCUT2D eigenvalue weighted by atomic mass is 15.4. The second kappa shape index (κ2) is 8.89. The molecule has 0 aliphatic carbocycles. The van der Waals surface area contributed by atoms with Gasteiger partial charge in [-0.3, -0.25) is 0 Å². The smallest absolute Gasteiger partial charge is 0.190 e. The topological polar surface area (TPSA) is 54.5 Å². The first-order valence-corrected chi connectivity index (χ1v) is 8.33. The maximum Gasteiger partial charge on any atom is 0.190 e. The molecule has 1 aromatic heterocycles. The van der Waals surface area contributed by atoms with Gasteiger partial charge in [0.1, 0.15) is 6.07 Å². The molecule has 0 radical (unpaired) electrons. The minimum absolute atomic E-state index is 0.391. The Kier molecular flexibility index (Phi) is 6.56. The summed E-state index contributed by atoms with van der Waals surface area (Å²) in [5.74, 6) is 0. The van der Waals surface area contributed by atoms with Gasteiger partial charge in [0.15, 0.2) is 5.69 Å². The third-order valence-corrected chi connectivity index (χ3v) is 3.86. The van der Waals surface area contributed by atoms with Crippen molar-refractivity contribution in [1.29, 1.82) is 5.26 Å². The summed E-state index contributed by atoms with van der Waals surface area (Å²) in [6, 6.07) is 10.4. The summed E-state index contributed by atoms with van der Waals surface area (Å²) in [4.78, 5) is 0. The van der Waals surface area contributed by atoms with Crippen LogP contribution in [0.4, 0.5) is 0 Å². The van der Waals surface area contributed by atoms with Crippen molar-refractivity contribution in [2.24, 2.45) is 0 Å². The second-order valence-electron chi connectivity index (χ2n) is 5.82. The molecule has 0 amide bonds. The Morgan fingerprint density at radius 1 is 1.09 bits per heavy atom. The monoisotopic (exact) mass is 308 g/mol. The molecule has 1 aromatic carbocycles. The number of unbranched alkanes of at least 4 members (excludes halogenated alkanes) is 4. The highest BCUT2D eigenvalue weighted by Crippen LogP contribution is 2.13. The van der Waals surface area contributed by atoms with E-state index in [1.807, 2.05) is 16.8 Å². The standard InChI is InChI=1S/C19H24N4/c1-3-4-5-6-7-14-23-19(18(15-20)21-22-23)13-12-17-10-8-16(2)9-11-17/h8-13H,3-7,14H2,1-2H3/b13-12+. The molecule has 2 rings (SSSR count). The van der Waals surface area contributed by atoms with Gasteiger partial charge in [0.05, 0.1) is 5.69 Å². The lowest BCUT2D eigenvalue weighted by Crippen LogP contribution is -2.03. The van der Waals surface area contributed by atoms with Crippen molar-refractivity contribution >= 4 is 12.2 Å². The number of rotatable bonds is 8. The van der Waals surface area contributed by atoms with Gasteiger partial charge in [0.2, 0.25) is 0 Å². The minimum atomic E-state index is 0.391. The summed E-state index contributed by atoms with van der Waals surface area (Å²) in [6.07, 6.45) is 9.98. The van der Waals surface area contributed by atoms with Crippen LogP contribution >= 0.6 is 0 Å². The zero-order chi connectivity index (χ0) is 16.5. The maximum atomic E-state index is 9.21. The van der Waals surface area contributed by atoms with Gasteiger partial charge in [-0.2, -0.15) is 5.26 Å². The average Bonchev–Trinajstić information content (AvgIpc) is 2.96. The summed E-state index contributed by atoms with van der Waals surface area (Å²) < 4.78 is 1.84. The van der Waals surface area contributed by atoms with E-state index in [1.165, 1.54) is 31.2 Å². The van der Waals surface area contributed by atoms with E-state index < -0.39 is 0 Å². The fraction of sp³-hybridized carbons (Fsp3) is 0.421. The first-order chi connectivity index (χ1) is 11.2. The van der Waals surface area contributed by atoms with Crippen LogP contribution in [0.5, 0.6) is 0 Å². The Balaban J connectivity index is 2.06. The van der Waals surface area contributed by atoms with Crippen LogP contribution in [-0.4, -0.2) is 15.0 Å². The molecule has 0 bridgehead atoms. The van der Waals surface area contributed by atoms with Crippen molar-refractivity contribution in [1.82, 2.24) is 15.0 Å². The molecule has 120 valence electrons. The molecule has 0 aliphatic rings. The van der Waals surface area contributed by atoms with E-state index in [2.05, 4.69) is 54.5 Å². The van der Waals surface area contributed by atoms with E-state index in [-0.39, 0.29) is 0 Å². The van der Waals surface area contributed by atoms with Crippen molar-refractivity contribution in [3.8, 4) is 6.07 Å². The molecule has 1 heterocycles. The first kappa shape index (κ1) is 17.0. The van der Waals surface area contributed by atoms with Crippen molar-refractivity contribution < 1.29 is 0 Å². The maximum absolute atomic E-state index is 9.21. The SMILES string of the molecule is CCCCCCCn1nnc(C#N)c1/C=C/c1ccc(C)cc1. The van der Waals surface area contributed by atoms with Crippen molar-refractivity contribution in [3.05, 3.63) is 46.8 Å². The molecule has 4 nitrogen and oxygen atoms in total. The molecule has 0 unspecified atom stereocenters. The Labute approximate surface area is 138 Å². The number of hydrogen-bond acceptors (Lipinski definition) is 3. The first-order valence-electron chi connectivity index (χ1n) is 8.33. The molecule has 0 N–H and O–H groups in total. The van der Waals surface area contributed by atoms with Crippen molar-refractivity contribution in [2.75, 3.05) is 0 Å². The van der Waals surface area contributed by atoms with E-state index in [0.717, 1.165) is 24.2 Å². The van der Waals surface area contributed by atoms with Gasteiger partial charge in [0.25, 0.3) is 0 Å². The third-order valence-electron chi connectivity index (χ3n) is 3.86. The van der Waals surface area contributed by atoms with Crippen LogP contribution in [0.2, 0.25) is 0 Å². The highest BCUT2D eigenvalue weighted by Gasteiger charge is 2.09. The fourth-order valence-electron chi connectivity index (χ4n) is 2.45. The predicted octanol–water partition coefficient (Wildman–Crippen LogP) is 4.60. The molecular weight excluding hydrogens is 284 g/mol. The van der Waals surface area contributed by atoms with Crippen LogP contribution in [0.1, 0.15) is 61.5 Å². The van der Waals surface area contributed by atoms with E-state index in [1.54, 1.807) is 0 Å². The fourth-order valence-corrected chi connectivity index (χ4v) is 2.45. The van der Waals surface area contributed by atoms with Crippen LogP contribution in [0.3, 0.4) is 0 Å². The molecular formula is C19H24N4. The Bertz CT molecular complexity index is 674. The zero-order valence-corrected chi connectivity index (χ0v) is 14.0. The lowest BCUT2D eigenvalue weighted by atomic mass is 10.1. The number of nitriles is 1. The van der Waals surface area contributed by atoms with Crippen LogP contribution < -0.4 is 0 Å². The van der Waals surface area contributed by atoms with Crippen LogP contribution in [0.25, 0.3) is 12.2 Å². The van der Waals surface area contributed by atoms with Gasteiger partial charge in [-0.25, -0.2) is 4.68 Å². The molecule has 0 saturated carbocycles. The van der Waals surface area contributed by atoms with Crippen LogP contribution in [0.15, 0.2) is 24.3 Å². The average molecular weight is 308 g/mol. The van der Waals surface area contributed by atoms with E-state index >= 15 is 0 Å². The number of nitrogens with zero attached hydrogens (tertiary/aromatic N) is 4. The summed E-state index contributed by atoms with van der Waals surface area (Å²) in [5, 5.41) is 17.3. The zero-order valence-electron chi connectivity index (χ0n) is 14.0. The van der Waals surface area contributed by atoms with Gasteiger partial charge in [0, 0.05) is 6.54 Å². The molecule has 0 saturated heterocycles. The van der Waals surface area contributed by atoms with Gasteiger partial charge in [-0.05, 0) is 25.0 Å². The van der Waals surface area contributed by atoms with Gasteiger partial charge >= 0.3 is 0 Å². The Morgan fingerprint density at radius 3 is 2.52 bits per heavy atom. The molecule has 0 aliphatic heterocycles. The van der Waals surface area contributed by atoms with Crippen molar-refractivity contribution in [2.45, 2.75) is 52.5 Å². The van der Waals surface area contributed by atoms with Gasteiger partial charge < -0.3 is 0 Å². The molecule has 23 heavy (non-hydrogen) atoms. The van der Waals surface area contributed by atoms with Gasteiger partial charge in [-0.15, -0.1) is 5.10 Å². The van der Waals surface area contributed by atoms with E-state index in [9.17, 15) is 5.26 Å². The molecule has 2 aromatic rings. The third kappa shape index (κ3) is 5.07. The minimum Gasteiger partial charge on any atom is -0.244 e. The lowest BCUT2D eigenvalue weighted by Gasteiger charge is -2.03. The lowest BCUT2D eigenvalue weighted by molar-refractivity contribution is 0.518. The second-order valence-corrected chi connectivity index (χ2v) is 5.82. The summed E-state index contributed by atoms with van der Waals surface area (Å²) >= 11 is 0. The number of aryl methyl sites for hydroxylation is 2. The van der Waals surface area contributed by atoms with Crippen molar-refractivity contribution in [3.63, 3.8) is 0 Å². The largest absolute Gasteiger partial charge is 0.244 e. The summed E-state index contributed by atoms with van der Waals surface area (Å²) in [5.41, 5.74) is 3.53. The van der Waals surface area contributed by atoms with E-state index in [4.69, 9.17) is 0 Å². The Hall–Kier alpha value is -2.41. The van der Waals surface area contributed by atoms with Gasteiger partial charge in [-0.1, -0.05) is 73.7 Å². The molecule has 0 atom stereocenters. The highest BCUT2D eigenvalue weighted by molar-refractivity contribution is 5.70. The predicted molar refractivity (Wildman–Crippen MR) is 93.6 cm³/mol. The number of aromatic nitrogens is 3. The normalized spacial score (nSPS) is 11.0. The number of hydrogen-bond donors (Lipinski definition) is 0. The quantitative estimate of drug-likeness (QED) is 0.670. The summed E-state index contributed by atoms with van der Waals surface area (Å²) in [6.45, 7) is 5.09. The summed E-state index contributed by atoms with van der Waals surface area (Å²) in [7, 11) is 0. The Morgan fingerprint density at radius 2 is 1.83 bits per heavy atom. The molecule has 0 fully saturated rings. The molecule has 0 spiro atoms. The van der Waals surface area contributed by atoms with Crippen LogP contribution in [-0.2, 0) is 6.54 Å². The number of benzene rings is 1. The van der Waals surface area contributed by atoms with E-state index in [0.29, 0.717) is 5.69 Å². The van der Waals surface area contributed by atoms with Crippen LogP contribution in [0, 0.1) is 18.3 Å². The molecule has 4 heteroatoms.